The molecular formula is C21H22ClNO5. The third kappa shape index (κ3) is 6.03. The Balaban J connectivity index is 2.02. The van der Waals surface area contributed by atoms with Gasteiger partial charge < -0.3 is 19.5 Å². The highest BCUT2D eigenvalue weighted by atomic mass is 35.5. The first-order chi connectivity index (χ1) is 13.4. The molecule has 148 valence electrons. The predicted octanol–water partition coefficient (Wildman–Crippen LogP) is 3.78. The lowest BCUT2D eigenvalue weighted by Crippen LogP contribution is -2.35. The first-order valence-electron chi connectivity index (χ1n) is 8.59. The minimum Gasteiger partial charge on any atom is -0.493 e. The molecule has 0 aliphatic carbocycles. The van der Waals surface area contributed by atoms with E-state index in [9.17, 15) is 9.59 Å². The van der Waals surface area contributed by atoms with Crippen molar-refractivity contribution in [3.05, 3.63) is 71.3 Å². The molecule has 0 saturated heterocycles. The van der Waals surface area contributed by atoms with Gasteiger partial charge in [0.25, 0.3) is 5.91 Å². The van der Waals surface area contributed by atoms with Crippen molar-refractivity contribution in [2.45, 2.75) is 19.6 Å². The van der Waals surface area contributed by atoms with Crippen molar-refractivity contribution >= 4 is 23.5 Å². The molecule has 7 heteroatoms. The summed E-state index contributed by atoms with van der Waals surface area (Å²) in [5.41, 5.74) is 1.19. The van der Waals surface area contributed by atoms with Crippen LogP contribution in [-0.2, 0) is 16.1 Å². The largest absolute Gasteiger partial charge is 0.493 e. The zero-order valence-corrected chi connectivity index (χ0v) is 16.5. The Labute approximate surface area is 169 Å². The van der Waals surface area contributed by atoms with E-state index >= 15 is 0 Å². The van der Waals surface area contributed by atoms with E-state index in [2.05, 4.69) is 11.9 Å². The Morgan fingerprint density at radius 3 is 2.54 bits per heavy atom. The van der Waals surface area contributed by atoms with Gasteiger partial charge in [0.2, 0.25) is 0 Å². The quantitative estimate of drug-likeness (QED) is 0.509. The van der Waals surface area contributed by atoms with Gasteiger partial charge in [0, 0.05) is 11.6 Å². The molecule has 0 bridgehead atoms. The van der Waals surface area contributed by atoms with Gasteiger partial charge in [0.15, 0.2) is 17.6 Å². The average Bonchev–Trinajstić information content (AvgIpc) is 2.71. The van der Waals surface area contributed by atoms with Crippen LogP contribution in [0.1, 0.15) is 22.8 Å². The van der Waals surface area contributed by atoms with Crippen LogP contribution in [-0.4, -0.2) is 31.6 Å². The molecule has 2 aromatic rings. The molecule has 0 aliphatic rings. The minimum atomic E-state index is -0.931. The van der Waals surface area contributed by atoms with E-state index in [-0.39, 0.29) is 5.56 Å². The Morgan fingerprint density at radius 2 is 1.89 bits per heavy atom. The number of rotatable bonds is 9. The summed E-state index contributed by atoms with van der Waals surface area (Å²) < 4.78 is 16.2. The van der Waals surface area contributed by atoms with E-state index in [1.54, 1.807) is 30.3 Å². The zero-order chi connectivity index (χ0) is 20.5. The highest BCUT2D eigenvalue weighted by molar-refractivity contribution is 6.30. The fraction of sp³-hybridized carbons (Fsp3) is 0.238. The monoisotopic (exact) mass is 403 g/mol. The maximum absolute atomic E-state index is 12.3. The summed E-state index contributed by atoms with van der Waals surface area (Å²) in [5, 5.41) is 3.22. The lowest BCUT2D eigenvalue weighted by atomic mass is 10.2. The number of hydrogen-bond donors (Lipinski definition) is 1. The van der Waals surface area contributed by atoms with Crippen LogP contribution in [0.3, 0.4) is 0 Å². The number of amides is 1. The van der Waals surface area contributed by atoms with E-state index in [0.717, 1.165) is 5.56 Å². The average molecular weight is 404 g/mol. The number of methoxy groups -OCH3 is 1. The van der Waals surface area contributed by atoms with Crippen LogP contribution in [0.15, 0.2) is 55.1 Å². The molecular weight excluding hydrogens is 382 g/mol. The lowest BCUT2D eigenvalue weighted by Gasteiger charge is -2.14. The number of nitrogens with one attached hydrogen (secondary N) is 1. The molecule has 28 heavy (non-hydrogen) atoms. The van der Waals surface area contributed by atoms with E-state index in [1.165, 1.54) is 20.1 Å². The summed E-state index contributed by atoms with van der Waals surface area (Å²) in [6, 6.07) is 12.0. The van der Waals surface area contributed by atoms with Crippen molar-refractivity contribution < 1.29 is 23.8 Å². The van der Waals surface area contributed by atoms with Gasteiger partial charge in [0.05, 0.1) is 12.7 Å². The fourth-order valence-corrected chi connectivity index (χ4v) is 2.38. The number of ether oxygens (including phenoxy) is 3. The molecule has 0 heterocycles. The molecule has 0 radical (unpaired) electrons. The lowest BCUT2D eigenvalue weighted by molar-refractivity contribution is -0.128. The molecule has 2 rings (SSSR count). The molecule has 0 aromatic heterocycles. The molecule has 1 unspecified atom stereocenters. The van der Waals surface area contributed by atoms with Crippen molar-refractivity contribution in [1.29, 1.82) is 0 Å². The Hall–Kier alpha value is -2.99. The van der Waals surface area contributed by atoms with Crippen LogP contribution in [0.25, 0.3) is 0 Å². The first kappa shape index (κ1) is 21.3. The Morgan fingerprint density at radius 1 is 1.18 bits per heavy atom. The predicted molar refractivity (Wildman–Crippen MR) is 107 cm³/mol. The van der Waals surface area contributed by atoms with Crippen LogP contribution >= 0.6 is 11.6 Å². The van der Waals surface area contributed by atoms with Crippen LogP contribution in [0.5, 0.6) is 11.5 Å². The van der Waals surface area contributed by atoms with Gasteiger partial charge in [-0.2, -0.15) is 0 Å². The normalized spacial score (nSPS) is 11.2. The molecule has 2 aromatic carbocycles. The SMILES string of the molecule is C=CCNC(=O)C(C)OC(=O)c1ccc(OCc2ccc(Cl)cc2)c(OC)c1. The maximum atomic E-state index is 12.3. The zero-order valence-electron chi connectivity index (χ0n) is 15.7. The van der Waals surface area contributed by atoms with Crippen molar-refractivity contribution in [3.8, 4) is 11.5 Å². The maximum Gasteiger partial charge on any atom is 0.339 e. The van der Waals surface area contributed by atoms with Crippen molar-refractivity contribution in [2.24, 2.45) is 0 Å². The minimum absolute atomic E-state index is 0.249. The number of esters is 1. The van der Waals surface area contributed by atoms with Crippen molar-refractivity contribution in [1.82, 2.24) is 5.32 Å². The molecule has 0 saturated carbocycles. The number of hydrogen-bond acceptors (Lipinski definition) is 5. The number of halogens is 1. The van der Waals surface area contributed by atoms with Crippen LogP contribution in [0, 0.1) is 0 Å². The summed E-state index contributed by atoms with van der Waals surface area (Å²) in [7, 11) is 1.48. The fourth-order valence-electron chi connectivity index (χ4n) is 2.25. The van der Waals surface area contributed by atoms with Crippen LogP contribution in [0.4, 0.5) is 0 Å². The molecule has 0 spiro atoms. The smallest absolute Gasteiger partial charge is 0.339 e. The van der Waals surface area contributed by atoms with Gasteiger partial charge in [-0.15, -0.1) is 6.58 Å². The molecule has 1 N–H and O–H groups in total. The van der Waals surface area contributed by atoms with Crippen LogP contribution in [0.2, 0.25) is 5.02 Å². The van der Waals surface area contributed by atoms with Gasteiger partial charge in [-0.1, -0.05) is 29.8 Å². The van der Waals surface area contributed by atoms with E-state index in [1.807, 2.05) is 12.1 Å². The first-order valence-corrected chi connectivity index (χ1v) is 8.97. The summed E-state index contributed by atoms with van der Waals surface area (Å²) >= 11 is 5.87. The second-order valence-corrected chi connectivity index (χ2v) is 6.30. The van der Waals surface area contributed by atoms with Crippen molar-refractivity contribution in [3.63, 3.8) is 0 Å². The van der Waals surface area contributed by atoms with Gasteiger partial charge in [0.1, 0.15) is 6.61 Å². The van der Waals surface area contributed by atoms with E-state index in [0.29, 0.717) is 29.7 Å². The van der Waals surface area contributed by atoms with E-state index in [4.69, 9.17) is 25.8 Å². The summed E-state index contributed by atoms with van der Waals surface area (Å²) in [6.07, 6.45) is 0.611. The number of carbonyl (C=O) groups excluding carboxylic acids is 2. The molecule has 1 amide bonds. The summed E-state index contributed by atoms with van der Waals surface area (Å²) in [5.74, 6) is -0.176. The molecule has 0 fully saturated rings. The van der Waals surface area contributed by atoms with Crippen molar-refractivity contribution in [2.75, 3.05) is 13.7 Å². The molecule has 0 aliphatic heterocycles. The van der Waals surface area contributed by atoms with Gasteiger partial charge in [-0.25, -0.2) is 4.79 Å². The highest BCUT2D eigenvalue weighted by Crippen LogP contribution is 2.29. The Bertz CT molecular complexity index is 835. The van der Waals surface area contributed by atoms with Crippen LogP contribution < -0.4 is 14.8 Å². The third-order valence-electron chi connectivity index (χ3n) is 3.78. The Kier molecular flexibility index (Phi) is 7.89. The van der Waals surface area contributed by atoms with Gasteiger partial charge in [-0.05, 0) is 42.8 Å². The summed E-state index contributed by atoms with van der Waals surface area (Å²) in [6.45, 7) is 5.63. The van der Waals surface area contributed by atoms with Gasteiger partial charge >= 0.3 is 5.97 Å². The summed E-state index contributed by atoms with van der Waals surface area (Å²) in [4.78, 5) is 24.1. The third-order valence-corrected chi connectivity index (χ3v) is 4.03. The van der Waals surface area contributed by atoms with Gasteiger partial charge in [-0.3, -0.25) is 4.79 Å². The second kappa shape index (κ2) is 10.4. The molecule has 6 nitrogen and oxygen atoms in total. The topological polar surface area (TPSA) is 73.9 Å². The van der Waals surface area contributed by atoms with E-state index < -0.39 is 18.0 Å². The highest BCUT2D eigenvalue weighted by Gasteiger charge is 2.19. The number of carbonyl (C=O) groups is 2. The number of benzene rings is 2. The molecule has 1 atom stereocenters. The standard InChI is InChI=1S/C21H22ClNO5/c1-4-11-23-20(24)14(2)28-21(25)16-7-10-18(19(12-16)26-3)27-13-15-5-8-17(22)9-6-15/h4-10,12,14H,1,11,13H2,2-3H3,(H,23,24). The second-order valence-electron chi connectivity index (χ2n) is 5.86.